The van der Waals surface area contributed by atoms with Gasteiger partial charge < -0.3 is 10.6 Å². The first-order valence-corrected chi connectivity index (χ1v) is 11.3. The maximum atomic E-state index is 14.3. The second-order valence-corrected chi connectivity index (χ2v) is 8.51. The van der Waals surface area contributed by atoms with Crippen LogP contribution in [0.3, 0.4) is 0 Å². The Morgan fingerprint density at radius 2 is 1.88 bits per heavy atom. The van der Waals surface area contributed by atoms with Crippen LogP contribution in [0.2, 0.25) is 0 Å². The summed E-state index contributed by atoms with van der Waals surface area (Å²) in [4.78, 5) is 33.7. The Hall–Kier alpha value is -3.31. The summed E-state index contributed by atoms with van der Waals surface area (Å²) < 4.78 is 14.3. The van der Waals surface area contributed by atoms with Gasteiger partial charge in [0.25, 0.3) is 5.91 Å². The van der Waals surface area contributed by atoms with Crippen molar-refractivity contribution in [3.8, 4) is 11.3 Å². The second-order valence-electron chi connectivity index (χ2n) is 7.67. The van der Waals surface area contributed by atoms with Crippen molar-refractivity contribution in [1.82, 2.24) is 30.2 Å². The van der Waals surface area contributed by atoms with Gasteiger partial charge in [0.15, 0.2) is 5.82 Å². The molecule has 0 aliphatic heterocycles. The number of aryl methyl sites for hydroxylation is 1. The molecule has 1 aromatic carbocycles. The summed E-state index contributed by atoms with van der Waals surface area (Å²) in [5.74, 6) is -0.00319. The molecule has 0 saturated heterocycles. The number of pyridine rings is 1. The lowest BCUT2D eigenvalue weighted by Crippen LogP contribution is -2.20. The molecule has 8 nitrogen and oxygen atoms in total. The molecule has 3 heterocycles. The van der Waals surface area contributed by atoms with Crippen molar-refractivity contribution in [2.75, 3.05) is 18.9 Å². The highest BCUT2D eigenvalue weighted by Gasteiger charge is 2.19. The van der Waals surface area contributed by atoms with E-state index in [-0.39, 0.29) is 11.5 Å². The van der Waals surface area contributed by atoms with Crippen molar-refractivity contribution >= 4 is 47.9 Å². The number of carbonyl (C=O) groups excluding carboxylic acids is 1. The third-order valence-electron chi connectivity index (χ3n) is 5.36. The largest absolute Gasteiger partial charge is 0.369 e. The van der Waals surface area contributed by atoms with Gasteiger partial charge in [-0.25, -0.2) is 24.3 Å². The molecule has 4 rings (SSSR count). The van der Waals surface area contributed by atoms with Crippen molar-refractivity contribution in [3.63, 3.8) is 0 Å². The number of nitrogens with zero attached hydrogens (tertiary/aromatic N) is 5. The summed E-state index contributed by atoms with van der Waals surface area (Å²) in [6, 6.07) is 7.19. The van der Waals surface area contributed by atoms with Gasteiger partial charge >= 0.3 is 0 Å². The van der Waals surface area contributed by atoms with E-state index in [1.807, 2.05) is 13.0 Å². The van der Waals surface area contributed by atoms with Crippen molar-refractivity contribution in [1.29, 1.82) is 0 Å². The molecule has 0 fully saturated rings. The Morgan fingerprint density at radius 3 is 2.59 bits per heavy atom. The first kappa shape index (κ1) is 23.8. The summed E-state index contributed by atoms with van der Waals surface area (Å²) >= 11 is 8.89. The smallest absolute Gasteiger partial charge is 0.254 e. The Bertz CT molecular complexity index is 1380. The lowest BCUT2D eigenvalue weighted by molar-refractivity contribution is 0.0960. The molecule has 0 aliphatic rings. The minimum atomic E-state index is -0.657. The number of benzene rings is 1. The minimum Gasteiger partial charge on any atom is -0.369 e. The Balaban J connectivity index is 1.60. The van der Waals surface area contributed by atoms with Crippen LogP contribution < -0.4 is 10.6 Å². The third-order valence-corrected chi connectivity index (χ3v) is 6.01. The van der Waals surface area contributed by atoms with E-state index in [0.29, 0.717) is 50.4 Å². The van der Waals surface area contributed by atoms with E-state index in [0.717, 1.165) is 11.8 Å². The molecule has 4 aromatic rings. The van der Waals surface area contributed by atoms with E-state index in [1.165, 1.54) is 13.4 Å². The fraction of sp³-hybridized carbons (Fsp3) is 0.217. The van der Waals surface area contributed by atoms with Gasteiger partial charge in [-0.3, -0.25) is 9.78 Å². The van der Waals surface area contributed by atoms with Crippen LogP contribution in [0, 0.1) is 12.7 Å². The molecule has 0 unspecified atom stereocenters. The van der Waals surface area contributed by atoms with Crippen LogP contribution in [0.5, 0.6) is 0 Å². The van der Waals surface area contributed by atoms with Crippen LogP contribution in [0.15, 0.2) is 46.8 Å². The van der Waals surface area contributed by atoms with Gasteiger partial charge in [0.1, 0.15) is 28.0 Å². The Labute approximate surface area is 206 Å². The van der Waals surface area contributed by atoms with Crippen molar-refractivity contribution in [3.05, 3.63) is 59.6 Å². The first-order chi connectivity index (χ1) is 16.3. The highest BCUT2D eigenvalue weighted by Crippen LogP contribution is 2.31. The first-order valence-electron chi connectivity index (χ1n) is 10.4. The molecule has 0 bridgehead atoms. The summed E-state index contributed by atoms with van der Waals surface area (Å²) in [5.41, 5.74) is 2.67. The average molecular weight is 496 g/mol. The maximum absolute atomic E-state index is 14.3. The number of fused-ring (bicyclic) bond motifs is 1. The molecular formula is C23H22FN7OS2. The zero-order valence-electron chi connectivity index (χ0n) is 18.7. The van der Waals surface area contributed by atoms with E-state index in [2.05, 4.69) is 60.8 Å². The Kier molecular flexibility index (Phi) is 6.94. The van der Waals surface area contributed by atoms with Gasteiger partial charge in [-0.15, -0.1) is 25.3 Å². The molecule has 0 radical (unpaired) electrons. The maximum Gasteiger partial charge on any atom is 0.254 e. The monoisotopic (exact) mass is 495 g/mol. The minimum absolute atomic E-state index is 0.0135. The predicted molar refractivity (Wildman–Crippen MR) is 134 cm³/mol. The average Bonchev–Trinajstić information content (AvgIpc) is 2.81. The molecule has 0 spiro atoms. The second kappa shape index (κ2) is 9.90. The van der Waals surface area contributed by atoms with Gasteiger partial charge in [0.2, 0.25) is 0 Å². The number of para-hydroxylation sites is 1. The lowest BCUT2D eigenvalue weighted by atomic mass is 9.96. The standard InChI is InChI=1S/C23H22FN7OS2/c1-11(13-5-4-6-14-18(21(32)25-3)15(24)9-27-20(13)14)8-26-17-7-16(28-10-29-17)19-22(33)30-12(2)31-23(19)34/h4-7,9-11H,8H2,1-3H3,(H,25,32)(H,26,28,29)(H2,30,31,33,34)/t11-/m1/s1. The van der Waals surface area contributed by atoms with Gasteiger partial charge in [0, 0.05) is 31.0 Å². The topological polar surface area (TPSA) is 106 Å². The fourth-order valence-corrected chi connectivity index (χ4v) is 4.52. The SMILES string of the molecule is CNC(=O)c1c(F)cnc2c([C@H](C)CNc3cc(-c4c(S)nc(C)nc4S)ncn3)cccc12. The molecule has 174 valence electrons. The highest BCUT2D eigenvalue weighted by molar-refractivity contribution is 7.81. The van der Waals surface area contributed by atoms with E-state index in [4.69, 9.17) is 0 Å². The van der Waals surface area contributed by atoms with Crippen molar-refractivity contribution in [2.24, 2.45) is 0 Å². The lowest BCUT2D eigenvalue weighted by Gasteiger charge is -2.17. The molecule has 0 saturated carbocycles. The predicted octanol–water partition coefficient (Wildman–Crippen LogP) is 4.08. The number of aromatic nitrogens is 5. The molecule has 2 N–H and O–H groups in total. The molecular weight excluding hydrogens is 473 g/mol. The number of amides is 1. The molecule has 34 heavy (non-hydrogen) atoms. The summed E-state index contributed by atoms with van der Waals surface area (Å²) in [6.07, 6.45) is 2.53. The Morgan fingerprint density at radius 1 is 1.15 bits per heavy atom. The van der Waals surface area contributed by atoms with Crippen molar-refractivity contribution in [2.45, 2.75) is 29.8 Å². The third kappa shape index (κ3) is 4.66. The highest BCUT2D eigenvalue weighted by atomic mass is 32.1. The van der Waals surface area contributed by atoms with E-state index < -0.39 is 11.7 Å². The van der Waals surface area contributed by atoms with Gasteiger partial charge in [0.05, 0.1) is 28.5 Å². The van der Waals surface area contributed by atoms with Crippen LogP contribution in [0.4, 0.5) is 10.2 Å². The number of hydrogen-bond donors (Lipinski definition) is 4. The zero-order valence-corrected chi connectivity index (χ0v) is 20.5. The van der Waals surface area contributed by atoms with Gasteiger partial charge in [-0.05, 0) is 12.5 Å². The quantitative estimate of drug-likeness (QED) is 0.236. The summed E-state index contributed by atoms with van der Waals surface area (Å²) in [5, 5.41) is 7.22. The number of thiol groups is 2. The van der Waals surface area contributed by atoms with Crippen LogP contribution in [0.25, 0.3) is 22.2 Å². The molecule has 0 aliphatic carbocycles. The number of nitrogens with one attached hydrogen (secondary N) is 2. The molecule has 3 aromatic heterocycles. The van der Waals surface area contributed by atoms with Gasteiger partial charge in [-0.1, -0.05) is 25.1 Å². The van der Waals surface area contributed by atoms with Gasteiger partial charge in [-0.2, -0.15) is 0 Å². The van der Waals surface area contributed by atoms with Crippen molar-refractivity contribution < 1.29 is 9.18 Å². The van der Waals surface area contributed by atoms with Crippen LogP contribution >= 0.6 is 25.3 Å². The number of carbonyl (C=O) groups is 1. The van der Waals surface area contributed by atoms with Crippen LogP contribution in [-0.4, -0.2) is 44.4 Å². The van der Waals surface area contributed by atoms with E-state index in [9.17, 15) is 9.18 Å². The molecule has 1 amide bonds. The number of rotatable bonds is 6. The van der Waals surface area contributed by atoms with E-state index in [1.54, 1.807) is 25.1 Å². The van der Waals surface area contributed by atoms with Crippen LogP contribution in [0.1, 0.15) is 34.6 Å². The number of anilines is 1. The van der Waals surface area contributed by atoms with E-state index >= 15 is 0 Å². The summed E-state index contributed by atoms with van der Waals surface area (Å²) in [6.45, 7) is 4.29. The number of halogens is 1. The number of hydrogen-bond acceptors (Lipinski definition) is 9. The molecule has 11 heteroatoms. The normalized spacial score (nSPS) is 11.9. The van der Waals surface area contributed by atoms with Crippen LogP contribution in [-0.2, 0) is 0 Å². The molecule has 1 atom stereocenters. The zero-order chi connectivity index (χ0) is 24.4. The summed E-state index contributed by atoms with van der Waals surface area (Å²) in [7, 11) is 1.47. The fourth-order valence-electron chi connectivity index (χ4n) is 3.71.